The van der Waals surface area contributed by atoms with Crippen LogP contribution in [-0.2, 0) is 13.6 Å². The highest BCUT2D eigenvalue weighted by atomic mass is 16.6. The van der Waals surface area contributed by atoms with E-state index in [0.717, 1.165) is 11.1 Å². The number of benzene rings is 1. The first-order valence-electron chi connectivity index (χ1n) is 8.87. The molecule has 0 fully saturated rings. The van der Waals surface area contributed by atoms with Crippen LogP contribution in [0.3, 0.4) is 0 Å². The second kappa shape index (κ2) is 8.09. The Morgan fingerprint density at radius 2 is 2.03 bits per heavy atom. The molecular weight excluding hydrogens is 374 g/mol. The summed E-state index contributed by atoms with van der Waals surface area (Å²) in [5.74, 6) is 0.436. The number of ether oxygens (including phenoxy) is 1. The van der Waals surface area contributed by atoms with Crippen molar-refractivity contribution in [3.8, 4) is 5.75 Å². The lowest BCUT2D eigenvalue weighted by atomic mass is 10.1. The number of carbonyl (C=O) groups excluding carboxylic acids is 1. The van der Waals surface area contributed by atoms with Crippen molar-refractivity contribution in [3.05, 3.63) is 74.9 Å². The van der Waals surface area contributed by atoms with Crippen LogP contribution in [-0.4, -0.2) is 37.4 Å². The standard InChI is InChI=1S/C20H21N5O4/c1-13-20(25(27)28)14(2)24(21-13)12-16-11-15(6-8-19(16)29-4)5-7-18(26)17-9-10-23(3)22-17/h5-11H,12H2,1-4H3/b7-5+. The molecule has 150 valence electrons. The van der Waals surface area contributed by atoms with E-state index in [2.05, 4.69) is 10.2 Å². The zero-order chi connectivity index (χ0) is 21.1. The molecule has 0 unspecified atom stereocenters. The fourth-order valence-corrected chi connectivity index (χ4v) is 3.10. The van der Waals surface area contributed by atoms with Gasteiger partial charge in [-0.1, -0.05) is 12.1 Å². The van der Waals surface area contributed by atoms with Crippen LogP contribution in [0.5, 0.6) is 5.75 Å². The average molecular weight is 395 g/mol. The Bertz CT molecular complexity index is 1110. The van der Waals surface area contributed by atoms with Crippen molar-refractivity contribution < 1.29 is 14.5 Å². The molecule has 0 N–H and O–H groups in total. The van der Waals surface area contributed by atoms with E-state index in [9.17, 15) is 14.9 Å². The van der Waals surface area contributed by atoms with Crippen LogP contribution >= 0.6 is 0 Å². The number of rotatable bonds is 7. The lowest BCUT2D eigenvalue weighted by Crippen LogP contribution is -2.06. The Hall–Kier alpha value is -3.75. The number of methoxy groups -OCH3 is 1. The Labute approximate surface area is 167 Å². The second-order valence-corrected chi connectivity index (χ2v) is 6.58. The van der Waals surface area contributed by atoms with Crippen LogP contribution in [0.15, 0.2) is 36.5 Å². The fourth-order valence-electron chi connectivity index (χ4n) is 3.10. The average Bonchev–Trinajstić information content (AvgIpc) is 3.23. The number of hydrogen-bond acceptors (Lipinski definition) is 6. The first-order chi connectivity index (χ1) is 13.8. The van der Waals surface area contributed by atoms with Gasteiger partial charge in [0.05, 0.1) is 18.6 Å². The monoisotopic (exact) mass is 395 g/mol. The van der Waals surface area contributed by atoms with E-state index < -0.39 is 4.92 Å². The summed E-state index contributed by atoms with van der Waals surface area (Å²) in [6.45, 7) is 3.58. The molecular formula is C20H21N5O4. The normalized spacial score (nSPS) is 11.2. The van der Waals surface area contributed by atoms with Gasteiger partial charge >= 0.3 is 5.69 Å². The van der Waals surface area contributed by atoms with Gasteiger partial charge in [0, 0.05) is 18.8 Å². The Morgan fingerprint density at radius 3 is 2.62 bits per heavy atom. The van der Waals surface area contributed by atoms with Gasteiger partial charge in [0.15, 0.2) is 0 Å². The summed E-state index contributed by atoms with van der Waals surface area (Å²) in [7, 11) is 3.31. The van der Waals surface area contributed by atoms with E-state index in [1.165, 1.54) is 6.08 Å². The zero-order valence-electron chi connectivity index (χ0n) is 16.6. The van der Waals surface area contributed by atoms with E-state index in [0.29, 0.717) is 29.4 Å². The summed E-state index contributed by atoms with van der Waals surface area (Å²) in [5, 5.41) is 19.6. The Kier molecular flexibility index (Phi) is 5.58. The molecule has 0 aliphatic rings. The maximum absolute atomic E-state index is 12.2. The molecule has 0 aliphatic carbocycles. The number of carbonyl (C=O) groups is 1. The van der Waals surface area contributed by atoms with Gasteiger partial charge in [-0.3, -0.25) is 24.3 Å². The minimum absolute atomic E-state index is 0.0148. The second-order valence-electron chi connectivity index (χ2n) is 6.58. The highest BCUT2D eigenvalue weighted by Gasteiger charge is 2.22. The third kappa shape index (κ3) is 4.23. The first-order valence-corrected chi connectivity index (χ1v) is 8.87. The van der Waals surface area contributed by atoms with Gasteiger partial charge < -0.3 is 4.74 Å². The predicted molar refractivity (Wildman–Crippen MR) is 107 cm³/mol. The van der Waals surface area contributed by atoms with Crippen molar-refractivity contribution in [1.29, 1.82) is 0 Å². The minimum Gasteiger partial charge on any atom is -0.496 e. The number of allylic oxidation sites excluding steroid dienone is 1. The molecule has 2 heterocycles. The van der Waals surface area contributed by atoms with E-state index in [1.807, 2.05) is 12.1 Å². The van der Waals surface area contributed by atoms with Crippen LogP contribution in [0.1, 0.15) is 33.0 Å². The molecule has 0 atom stereocenters. The van der Waals surface area contributed by atoms with Crippen molar-refractivity contribution in [2.75, 3.05) is 7.11 Å². The van der Waals surface area contributed by atoms with Crippen molar-refractivity contribution in [3.63, 3.8) is 0 Å². The van der Waals surface area contributed by atoms with Crippen LogP contribution in [0.2, 0.25) is 0 Å². The SMILES string of the molecule is COc1ccc(/C=C/C(=O)c2ccn(C)n2)cc1Cn1nc(C)c([N+](=O)[O-])c1C. The maximum Gasteiger partial charge on any atom is 0.312 e. The van der Waals surface area contributed by atoms with Crippen molar-refractivity contribution in [1.82, 2.24) is 19.6 Å². The Morgan fingerprint density at radius 1 is 1.28 bits per heavy atom. The fraction of sp³-hybridized carbons (Fsp3) is 0.250. The summed E-state index contributed by atoms with van der Waals surface area (Å²) in [4.78, 5) is 23.0. The lowest BCUT2D eigenvalue weighted by molar-refractivity contribution is -0.386. The van der Waals surface area contributed by atoms with E-state index >= 15 is 0 Å². The van der Waals surface area contributed by atoms with Gasteiger partial charge in [-0.15, -0.1) is 0 Å². The number of nitro groups is 1. The minimum atomic E-state index is -0.423. The smallest absolute Gasteiger partial charge is 0.312 e. The number of aryl methyl sites for hydroxylation is 2. The van der Waals surface area contributed by atoms with Crippen LogP contribution in [0.4, 0.5) is 5.69 Å². The first kappa shape index (κ1) is 20.0. The van der Waals surface area contributed by atoms with E-state index in [4.69, 9.17) is 4.74 Å². The number of ketones is 1. The molecule has 0 spiro atoms. The zero-order valence-corrected chi connectivity index (χ0v) is 16.6. The number of hydrogen-bond donors (Lipinski definition) is 0. The molecule has 9 heteroatoms. The largest absolute Gasteiger partial charge is 0.496 e. The van der Waals surface area contributed by atoms with Crippen molar-refractivity contribution in [2.45, 2.75) is 20.4 Å². The molecule has 0 radical (unpaired) electrons. The molecule has 3 aromatic rings. The molecule has 1 aromatic carbocycles. The molecule has 2 aromatic heterocycles. The summed E-state index contributed by atoms with van der Waals surface area (Å²) < 4.78 is 8.57. The van der Waals surface area contributed by atoms with E-state index in [-0.39, 0.29) is 11.5 Å². The summed E-state index contributed by atoms with van der Waals surface area (Å²) in [6.07, 6.45) is 4.87. The number of nitrogens with zero attached hydrogens (tertiary/aromatic N) is 5. The lowest BCUT2D eigenvalue weighted by Gasteiger charge is -2.10. The quantitative estimate of drug-likeness (QED) is 0.263. The Balaban J connectivity index is 1.88. The summed E-state index contributed by atoms with van der Waals surface area (Å²) in [5.41, 5.74) is 2.80. The van der Waals surface area contributed by atoms with Gasteiger partial charge in [-0.25, -0.2) is 0 Å². The van der Waals surface area contributed by atoms with E-state index in [1.54, 1.807) is 61.8 Å². The third-order valence-corrected chi connectivity index (χ3v) is 4.54. The molecule has 0 aliphatic heterocycles. The molecule has 3 rings (SSSR count). The maximum atomic E-state index is 12.2. The number of aromatic nitrogens is 4. The molecule has 29 heavy (non-hydrogen) atoms. The summed E-state index contributed by atoms with van der Waals surface area (Å²) in [6, 6.07) is 7.14. The highest BCUT2D eigenvalue weighted by Crippen LogP contribution is 2.26. The molecule has 0 saturated carbocycles. The van der Waals surface area contributed by atoms with Gasteiger partial charge in [0.2, 0.25) is 5.78 Å². The van der Waals surface area contributed by atoms with Gasteiger partial charge in [0.25, 0.3) is 0 Å². The van der Waals surface area contributed by atoms with Crippen LogP contribution in [0.25, 0.3) is 6.08 Å². The van der Waals surface area contributed by atoms with Crippen molar-refractivity contribution in [2.24, 2.45) is 7.05 Å². The van der Waals surface area contributed by atoms with Crippen LogP contribution in [0, 0.1) is 24.0 Å². The highest BCUT2D eigenvalue weighted by molar-refractivity contribution is 6.05. The molecule has 0 amide bonds. The van der Waals surface area contributed by atoms with Crippen molar-refractivity contribution >= 4 is 17.5 Å². The van der Waals surface area contributed by atoms with Gasteiger partial charge in [0.1, 0.15) is 22.8 Å². The van der Waals surface area contributed by atoms with Gasteiger partial charge in [-0.2, -0.15) is 10.2 Å². The van der Waals surface area contributed by atoms with Gasteiger partial charge in [-0.05, 0) is 43.7 Å². The summed E-state index contributed by atoms with van der Waals surface area (Å²) >= 11 is 0. The topological polar surface area (TPSA) is 105 Å². The molecule has 0 saturated heterocycles. The molecule has 9 nitrogen and oxygen atoms in total. The predicted octanol–water partition coefficient (Wildman–Crippen LogP) is 3.09. The molecule has 0 bridgehead atoms. The third-order valence-electron chi connectivity index (χ3n) is 4.54. The van der Waals surface area contributed by atoms with Crippen LogP contribution < -0.4 is 4.74 Å².